The number of hydrogen-bond acceptors (Lipinski definition) is 1. The van der Waals surface area contributed by atoms with E-state index in [-0.39, 0.29) is 0 Å². The minimum Gasteiger partial charge on any atom is -0.217 e. The highest BCUT2D eigenvalue weighted by molar-refractivity contribution is 5.40. The summed E-state index contributed by atoms with van der Waals surface area (Å²) in [5.41, 5.74) is 4.04. The number of H-pyrrole nitrogens is 1. The fraction of sp³-hybridized carbons (Fsp3) is 0. The first-order chi connectivity index (χ1) is 7.36. The lowest BCUT2D eigenvalue weighted by Crippen LogP contribution is -2.11. The van der Waals surface area contributed by atoms with E-state index in [1.807, 2.05) is 30.3 Å². The van der Waals surface area contributed by atoms with Gasteiger partial charge in [-0.15, -0.1) is 5.43 Å². The molecule has 0 saturated carbocycles. The number of para-hydroxylation sites is 1. The van der Waals surface area contributed by atoms with Crippen LogP contribution in [-0.2, 0) is 0 Å². The summed E-state index contributed by atoms with van der Waals surface area (Å²) in [7, 11) is 0. The highest BCUT2D eigenvalue weighted by Crippen LogP contribution is 2.11. The number of pyridine rings is 1. The second-order valence-electron chi connectivity index (χ2n) is 3.03. The van der Waals surface area contributed by atoms with E-state index in [4.69, 9.17) is 0 Å². The van der Waals surface area contributed by atoms with Crippen molar-refractivity contribution < 1.29 is 9.85 Å². The van der Waals surface area contributed by atoms with Gasteiger partial charge in [-0.1, -0.05) is 18.2 Å². The maximum atomic E-state index is 11.6. The molecule has 0 unspecified atom stereocenters. The van der Waals surface area contributed by atoms with Crippen LogP contribution in [0.25, 0.3) is 0 Å². The number of nitrogens with zero attached hydrogens (tertiary/aromatic N) is 1. The van der Waals surface area contributed by atoms with Crippen LogP contribution < -0.4 is 10.4 Å². The van der Waals surface area contributed by atoms with E-state index in [1.165, 1.54) is 0 Å². The van der Waals surface area contributed by atoms with Gasteiger partial charge in [0.05, 0.1) is 17.0 Å². The lowest BCUT2D eigenvalue weighted by atomic mass is 10.3. The van der Waals surface area contributed by atoms with Crippen molar-refractivity contribution in [1.29, 1.82) is 0 Å². The van der Waals surface area contributed by atoms with Gasteiger partial charge in [0.15, 0.2) is 17.3 Å². The second-order valence-corrected chi connectivity index (χ2v) is 3.03. The molecular weight excluding hydrogens is 190 g/mol. The van der Waals surface area contributed by atoms with Crippen LogP contribution >= 0.6 is 0 Å². The smallest absolute Gasteiger partial charge is 0.217 e. The van der Waals surface area contributed by atoms with Crippen molar-refractivity contribution >= 4 is 11.4 Å². The molecule has 0 atom stereocenters. The van der Waals surface area contributed by atoms with Crippen LogP contribution in [0.2, 0.25) is 0 Å². The quantitative estimate of drug-likeness (QED) is 0.609. The number of nitrogens with one attached hydrogen (secondary N) is 2. The molecule has 0 saturated heterocycles. The Morgan fingerprint density at radius 1 is 1.00 bits per heavy atom. The van der Waals surface area contributed by atoms with Crippen LogP contribution in [-0.4, -0.2) is 4.87 Å². The van der Waals surface area contributed by atoms with Crippen molar-refractivity contribution in [2.75, 3.05) is 5.43 Å². The normalized spacial score (nSPS) is 9.60. The summed E-state index contributed by atoms with van der Waals surface area (Å²) in [5.74, 6) is 0. The van der Waals surface area contributed by atoms with E-state index in [2.05, 4.69) is 10.4 Å². The Balaban J connectivity index is 2.12. The molecule has 2 rings (SSSR count). The van der Waals surface area contributed by atoms with Crippen molar-refractivity contribution in [3.63, 3.8) is 0 Å². The largest absolute Gasteiger partial charge is 0.304 e. The minimum atomic E-state index is 0.553. The summed E-state index contributed by atoms with van der Waals surface area (Å²) in [6.07, 6.45) is 3.40. The van der Waals surface area contributed by atoms with Crippen molar-refractivity contribution in [3.8, 4) is 0 Å². The molecule has 0 aliphatic carbocycles. The number of hydrazine groups is 1. The number of rotatable bonds is 3. The Labute approximate surface area is 87.1 Å². The van der Waals surface area contributed by atoms with Crippen molar-refractivity contribution in [3.05, 3.63) is 59.8 Å². The van der Waals surface area contributed by atoms with Gasteiger partial charge in [0.1, 0.15) is 5.69 Å². The Morgan fingerprint density at radius 3 is 2.33 bits per heavy atom. The first-order valence-electron chi connectivity index (χ1n) is 4.61. The standard InChI is InChI=1S/C11H10N3O/c15-14(11-6-8-12-9-7-11)13-10-4-2-1-3-5-10/h1-9H,(H,13,15)/q+1/p+1. The van der Waals surface area contributed by atoms with E-state index < -0.39 is 0 Å². The molecule has 0 aliphatic rings. The summed E-state index contributed by atoms with van der Waals surface area (Å²) in [6.45, 7) is 0. The predicted octanol–water partition coefficient (Wildman–Crippen LogP) is 1.94. The minimum absolute atomic E-state index is 0.553. The third-order valence-electron chi connectivity index (χ3n) is 1.94. The van der Waals surface area contributed by atoms with Crippen molar-refractivity contribution in [1.82, 2.24) is 0 Å². The van der Waals surface area contributed by atoms with Gasteiger partial charge in [0.25, 0.3) is 0 Å². The number of hydrogen-bond donors (Lipinski definition) is 1. The number of nitroso groups, excluding NO2 is 1. The molecule has 0 spiro atoms. The molecule has 2 aromatic rings. The van der Waals surface area contributed by atoms with Gasteiger partial charge < -0.3 is 0 Å². The monoisotopic (exact) mass is 201 g/mol. The van der Waals surface area contributed by atoms with E-state index in [1.54, 1.807) is 24.5 Å². The Bertz CT molecular complexity index is 442. The molecule has 0 aliphatic heterocycles. The second kappa shape index (κ2) is 4.32. The summed E-state index contributed by atoms with van der Waals surface area (Å²) >= 11 is 0. The highest BCUT2D eigenvalue weighted by Gasteiger charge is 2.13. The molecule has 4 heteroatoms. The average molecular weight is 201 g/mol. The topological polar surface area (TPSA) is 46.2 Å². The molecule has 0 amide bonds. The fourth-order valence-corrected chi connectivity index (χ4v) is 1.21. The summed E-state index contributed by atoms with van der Waals surface area (Å²) < 4.78 is 0. The maximum Gasteiger partial charge on any atom is 0.304 e. The summed E-state index contributed by atoms with van der Waals surface area (Å²) in [6, 6.07) is 12.7. The molecule has 74 valence electrons. The molecule has 0 bridgehead atoms. The number of aromatic nitrogens is 1. The third kappa shape index (κ3) is 2.37. The molecule has 2 N–H and O–H groups in total. The van der Waals surface area contributed by atoms with Crippen molar-refractivity contribution in [2.45, 2.75) is 0 Å². The molecule has 0 radical (unpaired) electrons. The summed E-state index contributed by atoms with van der Waals surface area (Å²) in [4.78, 5) is 15.2. The Kier molecular flexibility index (Phi) is 2.69. The van der Waals surface area contributed by atoms with Crippen LogP contribution in [0.3, 0.4) is 0 Å². The van der Waals surface area contributed by atoms with E-state index >= 15 is 0 Å². The van der Waals surface area contributed by atoms with Gasteiger partial charge >= 0.3 is 5.69 Å². The first-order valence-corrected chi connectivity index (χ1v) is 4.61. The van der Waals surface area contributed by atoms with Gasteiger partial charge in [-0.05, 0) is 12.1 Å². The van der Waals surface area contributed by atoms with E-state index in [0.29, 0.717) is 5.69 Å². The van der Waals surface area contributed by atoms with Crippen LogP contribution in [0, 0.1) is 4.91 Å². The van der Waals surface area contributed by atoms with Crippen LogP contribution in [0.1, 0.15) is 0 Å². The van der Waals surface area contributed by atoms with E-state index in [9.17, 15) is 4.91 Å². The molecule has 4 nitrogen and oxygen atoms in total. The van der Waals surface area contributed by atoms with Crippen LogP contribution in [0.5, 0.6) is 0 Å². The molecule has 1 aromatic heterocycles. The van der Waals surface area contributed by atoms with Gasteiger partial charge in [-0.25, -0.2) is 4.98 Å². The van der Waals surface area contributed by atoms with Gasteiger partial charge in [-0.3, -0.25) is 0 Å². The van der Waals surface area contributed by atoms with Crippen LogP contribution in [0.15, 0.2) is 54.9 Å². The predicted molar refractivity (Wildman–Crippen MR) is 56.3 cm³/mol. The molecule has 1 heterocycles. The molecule has 15 heavy (non-hydrogen) atoms. The zero-order chi connectivity index (χ0) is 10.5. The van der Waals surface area contributed by atoms with Crippen LogP contribution in [0.4, 0.5) is 11.4 Å². The maximum absolute atomic E-state index is 11.6. The Hall–Kier alpha value is -2.23. The first kappa shape index (κ1) is 9.33. The zero-order valence-electron chi connectivity index (χ0n) is 8.05. The van der Waals surface area contributed by atoms with Gasteiger partial charge in [0.2, 0.25) is 0 Å². The fourth-order valence-electron chi connectivity index (χ4n) is 1.21. The average Bonchev–Trinajstić information content (AvgIpc) is 2.31. The molecule has 1 aromatic carbocycles. The molecular formula is C11H11N3O+2. The SMILES string of the molecule is O=[N+](Nc1ccccc1)c1cc[nH+]cc1. The van der Waals surface area contributed by atoms with Crippen molar-refractivity contribution in [2.24, 2.45) is 0 Å². The Morgan fingerprint density at radius 2 is 1.67 bits per heavy atom. The van der Waals surface area contributed by atoms with Gasteiger partial charge in [0, 0.05) is 0 Å². The number of aromatic amines is 1. The number of benzene rings is 1. The van der Waals surface area contributed by atoms with E-state index in [0.717, 1.165) is 10.6 Å². The highest BCUT2D eigenvalue weighted by atomic mass is 16.3. The third-order valence-corrected chi connectivity index (χ3v) is 1.94. The lowest BCUT2D eigenvalue weighted by molar-refractivity contribution is -0.432. The number of anilines is 1. The summed E-state index contributed by atoms with van der Waals surface area (Å²) in [5, 5.41) is 0. The lowest BCUT2D eigenvalue weighted by Gasteiger charge is -1.94. The molecule has 0 fully saturated rings. The van der Waals surface area contributed by atoms with Gasteiger partial charge in [-0.2, -0.15) is 0 Å². The zero-order valence-corrected chi connectivity index (χ0v) is 8.05.